The highest BCUT2D eigenvalue weighted by Crippen LogP contribution is 2.19. The van der Waals surface area contributed by atoms with Crippen molar-refractivity contribution >= 4 is 0 Å². The van der Waals surface area contributed by atoms with Gasteiger partial charge in [0.2, 0.25) is 0 Å². The van der Waals surface area contributed by atoms with Gasteiger partial charge in [-0.15, -0.1) is 0 Å². The lowest BCUT2D eigenvalue weighted by atomic mass is 10.1. The number of hydrogen-bond donors (Lipinski definition) is 0. The SMILES string of the molecule is C(CCCCOCCCCCCCCCC1CO1)CCCCC1CO1. The van der Waals surface area contributed by atoms with Gasteiger partial charge in [0.25, 0.3) is 0 Å². The molecule has 0 amide bonds. The van der Waals surface area contributed by atoms with Gasteiger partial charge in [0.15, 0.2) is 0 Å². The van der Waals surface area contributed by atoms with Gasteiger partial charge in [-0.05, 0) is 25.7 Å². The van der Waals surface area contributed by atoms with E-state index >= 15 is 0 Å². The van der Waals surface area contributed by atoms with Crippen LogP contribution in [0.1, 0.15) is 103 Å². The third-order valence-electron chi connectivity index (χ3n) is 5.43. The highest BCUT2D eigenvalue weighted by atomic mass is 16.6. The number of hydrogen-bond acceptors (Lipinski definition) is 3. The predicted molar refractivity (Wildman–Crippen MR) is 104 cm³/mol. The minimum atomic E-state index is 0.629. The maximum atomic E-state index is 5.76. The summed E-state index contributed by atoms with van der Waals surface area (Å²) in [5.41, 5.74) is 0. The molecule has 2 unspecified atom stereocenters. The maximum absolute atomic E-state index is 5.76. The Hall–Kier alpha value is -0.120. The van der Waals surface area contributed by atoms with Crippen LogP contribution in [0, 0.1) is 0 Å². The first-order valence-electron chi connectivity index (χ1n) is 11.3. The molecule has 0 aromatic heterocycles. The molecule has 2 rings (SSSR count). The fourth-order valence-corrected chi connectivity index (χ4v) is 3.49. The summed E-state index contributed by atoms with van der Waals surface area (Å²) >= 11 is 0. The average molecular weight is 355 g/mol. The van der Waals surface area contributed by atoms with Gasteiger partial charge < -0.3 is 14.2 Å². The Morgan fingerprint density at radius 1 is 0.480 bits per heavy atom. The van der Waals surface area contributed by atoms with Crippen LogP contribution in [0.4, 0.5) is 0 Å². The number of unbranched alkanes of at least 4 members (excludes halogenated alkanes) is 12. The molecule has 0 aromatic carbocycles. The van der Waals surface area contributed by atoms with Gasteiger partial charge in [-0.25, -0.2) is 0 Å². The lowest BCUT2D eigenvalue weighted by molar-refractivity contribution is 0.125. The van der Waals surface area contributed by atoms with E-state index in [0.717, 1.165) is 26.4 Å². The van der Waals surface area contributed by atoms with Crippen LogP contribution in [0.25, 0.3) is 0 Å². The van der Waals surface area contributed by atoms with E-state index in [4.69, 9.17) is 14.2 Å². The minimum absolute atomic E-state index is 0.629. The molecule has 2 atom stereocenters. The molecule has 0 spiro atoms. The van der Waals surface area contributed by atoms with E-state index in [2.05, 4.69) is 0 Å². The van der Waals surface area contributed by atoms with Crippen LogP contribution < -0.4 is 0 Å². The second kappa shape index (κ2) is 15.0. The Bertz CT molecular complexity index is 259. The number of epoxide rings is 2. The van der Waals surface area contributed by atoms with Crippen LogP contribution in [0.2, 0.25) is 0 Å². The zero-order valence-electron chi connectivity index (χ0n) is 16.5. The first kappa shape index (κ1) is 21.2. The van der Waals surface area contributed by atoms with Crippen LogP contribution in [-0.2, 0) is 14.2 Å². The van der Waals surface area contributed by atoms with Crippen molar-refractivity contribution in [3.63, 3.8) is 0 Å². The highest BCUT2D eigenvalue weighted by molar-refractivity contribution is 4.68. The summed E-state index contributed by atoms with van der Waals surface area (Å²) < 4.78 is 16.2. The monoisotopic (exact) mass is 354 g/mol. The smallest absolute Gasteiger partial charge is 0.0810 e. The van der Waals surface area contributed by atoms with Gasteiger partial charge in [0.05, 0.1) is 25.4 Å². The summed E-state index contributed by atoms with van der Waals surface area (Å²) in [5.74, 6) is 0. The zero-order valence-corrected chi connectivity index (χ0v) is 16.5. The van der Waals surface area contributed by atoms with Gasteiger partial charge in [0.1, 0.15) is 0 Å². The van der Waals surface area contributed by atoms with Crippen LogP contribution in [-0.4, -0.2) is 38.6 Å². The van der Waals surface area contributed by atoms with Crippen LogP contribution in [0.15, 0.2) is 0 Å². The van der Waals surface area contributed by atoms with Crippen molar-refractivity contribution in [1.82, 2.24) is 0 Å². The summed E-state index contributed by atoms with van der Waals surface area (Å²) in [6, 6.07) is 0. The molecule has 2 heterocycles. The normalized spacial score (nSPS) is 21.6. The van der Waals surface area contributed by atoms with E-state index in [1.807, 2.05) is 0 Å². The Morgan fingerprint density at radius 3 is 1.16 bits per heavy atom. The van der Waals surface area contributed by atoms with E-state index in [0.29, 0.717) is 12.2 Å². The average Bonchev–Trinajstić information content (AvgIpc) is 3.52. The fraction of sp³-hybridized carbons (Fsp3) is 1.00. The molecule has 0 bridgehead atoms. The molecule has 2 saturated heterocycles. The summed E-state index contributed by atoms with van der Waals surface area (Å²) in [6.07, 6.45) is 22.9. The van der Waals surface area contributed by atoms with E-state index < -0.39 is 0 Å². The summed E-state index contributed by atoms with van der Waals surface area (Å²) in [7, 11) is 0. The van der Waals surface area contributed by atoms with E-state index in [1.54, 1.807) is 0 Å². The van der Waals surface area contributed by atoms with Gasteiger partial charge in [-0.2, -0.15) is 0 Å². The Balaban J connectivity index is 1.14. The molecule has 2 aliphatic rings. The molecule has 3 nitrogen and oxygen atoms in total. The molecular weight excluding hydrogens is 312 g/mol. The summed E-state index contributed by atoms with van der Waals surface area (Å²) in [4.78, 5) is 0. The van der Waals surface area contributed by atoms with Gasteiger partial charge in [-0.3, -0.25) is 0 Å². The van der Waals surface area contributed by atoms with Crippen molar-refractivity contribution in [3.8, 4) is 0 Å². The van der Waals surface area contributed by atoms with Crippen molar-refractivity contribution in [2.45, 2.75) is 115 Å². The van der Waals surface area contributed by atoms with Gasteiger partial charge >= 0.3 is 0 Å². The molecule has 0 aliphatic carbocycles. The van der Waals surface area contributed by atoms with Gasteiger partial charge in [-0.1, -0.05) is 77.0 Å². The lowest BCUT2D eigenvalue weighted by Crippen LogP contribution is -1.97. The van der Waals surface area contributed by atoms with E-state index in [1.165, 1.54) is 103 Å². The predicted octanol–water partition coefficient (Wildman–Crippen LogP) is 6.04. The zero-order chi connectivity index (χ0) is 17.4. The van der Waals surface area contributed by atoms with Crippen LogP contribution in [0.3, 0.4) is 0 Å². The molecule has 148 valence electrons. The minimum Gasteiger partial charge on any atom is -0.381 e. The second-order valence-electron chi connectivity index (χ2n) is 8.05. The maximum Gasteiger partial charge on any atom is 0.0810 e. The van der Waals surface area contributed by atoms with E-state index in [-0.39, 0.29) is 0 Å². The van der Waals surface area contributed by atoms with Crippen LogP contribution in [0.5, 0.6) is 0 Å². The summed E-state index contributed by atoms with van der Waals surface area (Å²) in [5, 5.41) is 0. The molecule has 0 radical (unpaired) electrons. The molecule has 0 saturated carbocycles. The number of ether oxygens (including phenoxy) is 3. The molecule has 0 aromatic rings. The molecule has 2 aliphatic heterocycles. The van der Waals surface area contributed by atoms with Gasteiger partial charge in [0, 0.05) is 13.2 Å². The molecule has 2 fully saturated rings. The lowest BCUT2D eigenvalue weighted by Gasteiger charge is -2.05. The van der Waals surface area contributed by atoms with Crippen LogP contribution >= 0.6 is 0 Å². The summed E-state index contributed by atoms with van der Waals surface area (Å²) in [6.45, 7) is 4.00. The second-order valence-corrected chi connectivity index (χ2v) is 8.05. The fourth-order valence-electron chi connectivity index (χ4n) is 3.49. The highest BCUT2D eigenvalue weighted by Gasteiger charge is 2.21. The Kier molecular flexibility index (Phi) is 12.7. The van der Waals surface area contributed by atoms with Crippen molar-refractivity contribution in [3.05, 3.63) is 0 Å². The van der Waals surface area contributed by atoms with Crippen molar-refractivity contribution in [2.75, 3.05) is 26.4 Å². The Morgan fingerprint density at radius 2 is 0.800 bits per heavy atom. The first-order valence-corrected chi connectivity index (χ1v) is 11.3. The largest absolute Gasteiger partial charge is 0.381 e. The Labute approximate surface area is 156 Å². The topological polar surface area (TPSA) is 34.3 Å². The standard InChI is InChI=1S/C22H42O3/c1(3-7-11-15-21-19-24-21)5-9-13-17-23-18-14-10-6-2-4-8-12-16-22-20-25-22/h21-22H,1-20H2. The first-order chi connectivity index (χ1) is 12.4. The third-order valence-corrected chi connectivity index (χ3v) is 5.43. The van der Waals surface area contributed by atoms with Crippen molar-refractivity contribution < 1.29 is 14.2 Å². The van der Waals surface area contributed by atoms with Crippen molar-refractivity contribution in [1.29, 1.82) is 0 Å². The quantitative estimate of drug-likeness (QED) is 0.197. The molecule has 0 N–H and O–H groups in total. The number of rotatable bonds is 20. The molecule has 3 heteroatoms. The van der Waals surface area contributed by atoms with Crippen molar-refractivity contribution in [2.24, 2.45) is 0 Å². The molecule has 25 heavy (non-hydrogen) atoms. The molecular formula is C22H42O3. The third kappa shape index (κ3) is 14.7. The van der Waals surface area contributed by atoms with E-state index in [9.17, 15) is 0 Å².